The predicted molar refractivity (Wildman–Crippen MR) is 73.7 cm³/mol. The van der Waals surface area contributed by atoms with Crippen molar-refractivity contribution in [3.8, 4) is 0 Å². The Morgan fingerprint density at radius 1 is 1.36 bits per heavy atom. The summed E-state index contributed by atoms with van der Waals surface area (Å²) < 4.78 is 6.98. The van der Waals surface area contributed by atoms with Gasteiger partial charge in [0.05, 0.1) is 20.0 Å². The summed E-state index contributed by atoms with van der Waals surface area (Å²) in [5.41, 5.74) is 3.47. The van der Waals surface area contributed by atoms with Crippen molar-refractivity contribution in [1.82, 2.24) is 19.5 Å². The summed E-state index contributed by atoms with van der Waals surface area (Å²) >= 11 is 0. The van der Waals surface area contributed by atoms with Crippen molar-refractivity contribution in [2.45, 2.75) is 31.5 Å². The summed E-state index contributed by atoms with van der Waals surface area (Å²) in [4.78, 5) is 17.5. The molecule has 3 rings (SSSR count). The molecule has 1 aliphatic rings. The van der Waals surface area contributed by atoms with E-state index in [1.165, 1.54) is 18.0 Å². The Balaban J connectivity index is 2.05. The SMILES string of the molecule is CONc1nc(C)nc2c1ncn2[C@@H]1O[C@H](CO)[C@@H](O)[C@H]1O. The minimum Gasteiger partial charge on any atom is -0.394 e. The van der Waals surface area contributed by atoms with Crippen LogP contribution in [0.2, 0.25) is 0 Å². The number of nitrogens with zero attached hydrogens (tertiary/aromatic N) is 4. The normalized spacial score (nSPS) is 28.4. The van der Waals surface area contributed by atoms with Crippen molar-refractivity contribution in [2.24, 2.45) is 0 Å². The smallest absolute Gasteiger partial charge is 0.181 e. The summed E-state index contributed by atoms with van der Waals surface area (Å²) in [6, 6.07) is 0. The molecule has 120 valence electrons. The number of nitrogens with one attached hydrogen (secondary N) is 1. The maximum atomic E-state index is 10.1. The van der Waals surface area contributed by atoms with E-state index in [0.717, 1.165) is 0 Å². The van der Waals surface area contributed by atoms with E-state index in [2.05, 4.69) is 20.4 Å². The second kappa shape index (κ2) is 5.74. The first-order chi connectivity index (χ1) is 10.6. The van der Waals surface area contributed by atoms with E-state index in [1.54, 1.807) is 6.92 Å². The fourth-order valence-corrected chi connectivity index (χ4v) is 2.49. The second-order valence-electron chi connectivity index (χ2n) is 4.98. The van der Waals surface area contributed by atoms with E-state index in [0.29, 0.717) is 22.8 Å². The van der Waals surface area contributed by atoms with Gasteiger partial charge in [-0.15, -0.1) is 0 Å². The van der Waals surface area contributed by atoms with Gasteiger partial charge in [-0.1, -0.05) is 0 Å². The third-order valence-corrected chi connectivity index (χ3v) is 3.52. The number of ether oxygens (including phenoxy) is 1. The molecule has 4 atom stereocenters. The van der Waals surface area contributed by atoms with Gasteiger partial charge in [-0.05, 0) is 6.92 Å². The van der Waals surface area contributed by atoms with Crippen LogP contribution in [0.5, 0.6) is 0 Å². The average Bonchev–Trinajstić information content (AvgIpc) is 3.02. The summed E-state index contributed by atoms with van der Waals surface area (Å²) in [5, 5.41) is 29.1. The Kier molecular flexibility index (Phi) is 3.93. The van der Waals surface area contributed by atoms with Gasteiger partial charge >= 0.3 is 0 Å². The molecule has 0 radical (unpaired) electrons. The van der Waals surface area contributed by atoms with E-state index >= 15 is 0 Å². The maximum Gasteiger partial charge on any atom is 0.181 e. The molecular weight excluding hydrogens is 294 g/mol. The van der Waals surface area contributed by atoms with Crippen molar-refractivity contribution in [2.75, 3.05) is 19.2 Å². The molecule has 0 aromatic carbocycles. The number of aliphatic hydroxyl groups is 3. The molecule has 0 spiro atoms. The fourth-order valence-electron chi connectivity index (χ4n) is 2.49. The molecule has 10 nitrogen and oxygen atoms in total. The minimum absolute atomic E-state index is 0.385. The quantitative estimate of drug-likeness (QED) is 0.509. The molecule has 10 heteroatoms. The highest BCUT2D eigenvalue weighted by molar-refractivity contribution is 5.82. The Hall–Kier alpha value is -1.85. The monoisotopic (exact) mass is 311 g/mol. The number of fused-ring (bicyclic) bond motifs is 1. The number of rotatable bonds is 4. The van der Waals surface area contributed by atoms with Crippen LogP contribution in [0.4, 0.5) is 5.82 Å². The lowest BCUT2D eigenvalue weighted by atomic mass is 10.1. The molecular formula is C12H17N5O5. The van der Waals surface area contributed by atoms with E-state index in [-0.39, 0.29) is 0 Å². The Morgan fingerprint density at radius 3 is 2.77 bits per heavy atom. The zero-order valence-electron chi connectivity index (χ0n) is 12.0. The van der Waals surface area contributed by atoms with Gasteiger partial charge in [-0.2, -0.15) is 0 Å². The first-order valence-electron chi connectivity index (χ1n) is 6.69. The molecule has 1 fully saturated rings. The number of aliphatic hydroxyl groups excluding tert-OH is 3. The lowest BCUT2D eigenvalue weighted by Crippen LogP contribution is -2.33. The Bertz CT molecular complexity index is 677. The Morgan fingerprint density at radius 2 is 2.14 bits per heavy atom. The van der Waals surface area contributed by atoms with Crippen LogP contribution >= 0.6 is 0 Å². The zero-order chi connectivity index (χ0) is 15.9. The minimum atomic E-state index is -1.20. The van der Waals surface area contributed by atoms with Crippen molar-refractivity contribution >= 4 is 17.0 Å². The van der Waals surface area contributed by atoms with Crippen molar-refractivity contribution < 1.29 is 24.9 Å². The predicted octanol–water partition coefficient (Wildman–Crippen LogP) is -1.28. The maximum absolute atomic E-state index is 10.1. The number of hydrogen-bond acceptors (Lipinski definition) is 9. The third-order valence-electron chi connectivity index (χ3n) is 3.52. The molecule has 3 heterocycles. The summed E-state index contributed by atoms with van der Waals surface area (Å²) in [6.07, 6.45) is -2.73. The number of hydrogen-bond donors (Lipinski definition) is 4. The van der Waals surface area contributed by atoms with Gasteiger partial charge in [0, 0.05) is 0 Å². The first kappa shape index (κ1) is 15.1. The lowest BCUT2D eigenvalue weighted by Gasteiger charge is -2.16. The van der Waals surface area contributed by atoms with Crippen molar-refractivity contribution in [3.63, 3.8) is 0 Å². The molecule has 0 amide bonds. The number of aromatic nitrogens is 4. The second-order valence-corrected chi connectivity index (χ2v) is 4.98. The van der Waals surface area contributed by atoms with Crippen LogP contribution in [-0.2, 0) is 9.57 Å². The van der Waals surface area contributed by atoms with Crippen LogP contribution in [-0.4, -0.2) is 66.9 Å². The highest BCUT2D eigenvalue weighted by atomic mass is 16.6. The topological polar surface area (TPSA) is 135 Å². The fraction of sp³-hybridized carbons (Fsp3) is 0.583. The van der Waals surface area contributed by atoms with Gasteiger partial charge in [-0.25, -0.2) is 20.4 Å². The third kappa shape index (κ3) is 2.30. The number of aryl methyl sites for hydroxylation is 1. The molecule has 22 heavy (non-hydrogen) atoms. The lowest BCUT2D eigenvalue weighted by molar-refractivity contribution is -0.0511. The number of imidazole rings is 1. The summed E-state index contributed by atoms with van der Waals surface area (Å²) in [7, 11) is 1.45. The molecule has 0 saturated carbocycles. The molecule has 2 aromatic heterocycles. The van der Waals surface area contributed by atoms with Gasteiger partial charge in [0.25, 0.3) is 0 Å². The first-order valence-corrected chi connectivity index (χ1v) is 6.69. The van der Waals surface area contributed by atoms with Crippen molar-refractivity contribution in [1.29, 1.82) is 0 Å². The number of anilines is 1. The highest BCUT2D eigenvalue weighted by Gasteiger charge is 2.44. The van der Waals surface area contributed by atoms with Gasteiger partial charge in [0.15, 0.2) is 23.2 Å². The molecule has 0 aliphatic carbocycles. The Labute approximate surface area is 125 Å². The molecule has 0 bridgehead atoms. The van der Waals surface area contributed by atoms with E-state index in [9.17, 15) is 10.2 Å². The highest BCUT2D eigenvalue weighted by Crippen LogP contribution is 2.32. The zero-order valence-corrected chi connectivity index (χ0v) is 12.0. The summed E-state index contributed by atoms with van der Waals surface area (Å²) in [5.74, 6) is 0.857. The van der Waals surface area contributed by atoms with Crippen LogP contribution in [0.1, 0.15) is 12.1 Å². The van der Waals surface area contributed by atoms with Crippen LogP contribution in [0.15, 0.2) is 6.33 Å². The molecule has 1 saturated heterocycles. The van der Waals surface area contributed by atoms with E-state index in [1.807, 2.05) is 0 Å². The van der Waals surface area contributed by atoms with Crippen molar-refractivity contribution in [3.05, 3.63) is 12.2 Å². The van der Waals surface area contributed by atoms with Gasteiger partial charge in [0.2, 0.25) is 0 Å². The van der Waals surface area contributed by atoms with Gasteiger partial charge in [-0.3, -0.25) is 9.40 Å². The van der Waals surface area contributed by atoms with Crippen LogP contribution in [0, 0.1) is 6.92 Å². The van der Waals surface area contributed by atoms with E-state index in [4.69, 9.17) is 14.7 Å². The van der Waals surface area contributed by atoms with Gasteiger partial charge < -0.3 is 20.1 Å². The van der Waals surface area contributed by atoms with E-state index < -0.39 is 31.1 Å². The molecule has 0 unspecified atom stereocenters. The standard InChI is InChI=1S/C12H17N5O5/c1-5-14-10(16-21-2)7-11(15-5)17(4-13-7)12-9(20)8(19)6(3-18)22-12/h4,6,8-9,12,18-20H,3H2,1-2H3,(H,14,15,16)/t6-,8-,9-,12-/m1/s1. The van der Waals surface area contributed by atoms with Gasteiger partial charge in [0.1, 0.15) is 24.1 Å². The molecule has 1 aliphatic heterocycles. The van der Waals surface area contributed by atoms with Crippen LogP contribution in [0.3, 0.4) is 0 Å². The molecule has 4 N–H and O–H groups in total. The van der Waals surface area contributed by atoms with Crippen LogP contribution < -0.4 is 5.48 Å². The largest absolute Gasteiger partial charge is 0.394 e. The van der Waals surface area contributed by atoms with Crippen LogP contribution in [0.25, 0.3) is 11.2 Å². The molecule has 2 aromatic rings. The summed E-state index contributed by atoms with van der Waals surface area (Å²) in [6.45, 7) is 1.31. The average molecular weight is 311 g/mol.